The van der Waals surface area contributed by atoms with E-state index in [1.165, 1.54) is 18.2 Å². The van der Waals surface area contributed by atoms with E-state index < -0.39 is 11.9 Å². The van der Waals surface area contributed by atoms with Crippen LogP contribution in [0.2, 0.25) is 5.02 Å². The van der Waals surface area contributed by atoms with Gasteiger partial charge in [-0.3, -0.25) is 4.79 Å². The van der Waals surface area contributed by atoms with E-state index in [1.807, 2.05) is 6.92 Å². The van der Waals surface area contributed by atoms with E-state index in [-0.39, 0.29) is 19.1 Å². The molecule has 0 aliphatic carbocycles. The summed E-state index contributed by atoms with van der Waals surface area (Å²) in [4.78, 5) is 12.2. The summed E-state index contributed by atoms with van der Waals surface area (Å²) < 4.78 is 19.0. The van der Waals surface area contributed by atoms with Gasteiger partial charge >= 0.3 is 0 Å². The first-order chi connectivity index (χ1) is 11.5. The van der Waals surface area contributed by atoms with Crippen LogP contribution in [-0.4, -0.2) is 36.9 Å². The minimum atomic E-state index is -0.776. The first-order valence-electron chi connectivity index (χ1n) is 7.60. The van der Waals surface area contributed by atoms with E-state index >= 15 is 0 Å². The molecule has 0 radical (unpaired) electrons. The lowest BCUT2D eigenvalue weighted by Gasteiger charge is -2.12. The highest BCUT2D eigenvalue weighted by atomic mass is 35.5. The summed E-state index contributed by atoms with van der Waals surface area (Å²) in [5.74, 6) is -0.765. The predicted molar refractivity (Wildman–Crippen MR) is 91.7 cm³/mol. The van der Waals surface area contributed by atoms with Crippen LogP contribution in [0.4, 0.5) is 4.39 Å². The molecule has 128 valence electrons. The van der Waals surface area contributed by atoms with Crippen molar-refractivity contribution in [2.75, 3.05) is 19.8 Å². The number of carbonyl (C=O) groups excluding carboxylic acids is 1. The molecule has 0 saturated heterocycles. The zero-order valence-electron chi connectivity index (χ0n) is 13.3. The highest BCUT2D eigenvalue weighted by Gasteiger charge is 2.12. The van der Waals surface area contributed by atoms with Crippen molar-refractivity contribution in [3.05, 3.63) is 58.9 Å². The van der Waals surface area contributed by atoms with Gasteiger partial charge in [-0.25, -0.2) is 4.39 Å². The fourth-order valence-corrected chi connectivity index (χ4v) is 2.34. The second kappa shape index (κ2) is 8.78. The van der Waals surface area contributed by atoms with Gasteiger partial charge in [0.2, 0.25) is 0 Å². The van der Waals surface area contributed by atoms with Gasteiger partial charge in [-0.1, -0.05) is 23.7 Å². The van der Waals surface area contributed by atoms with Crippen LogP contribution in [0.5, 0.6) is 0 Å². The quantitative estimate of drug-likeness (QED) is 0.805. The van der Waals surface area contributed by atoms with Crippen molar-refractivity contribution in [2.45, 2.75) is 13.0 Å². The minimum Gasteiger partial charge on any atom is -0.389 e. The molecule has 2 rings (SSSR count). The van der Waals surface area contributed by atoms with E-state index in [0.717, 1.165) is 0 Å². The largest absolute Gasteiger partial charge is 0.389 e. The van der Waals surface area contributed by atoms with Crippen LogP contribution in [0, 0.1) is 5.82 Å². The summed E-state index contributed by atoms with van der Waals surface area (Å²) in [5.41, 5.74) is 1.25. The normalized spacial score (nSPS) is 12.0. The van der Waals surface area contributed by atoms with Crippen LogP contribution in [0.15, 0.2) is 42.5 Å². The highest BCUT2D eigenvalue weighted by molar-refractivity contribution is 6.30. The number of nitrogens with one attached hydrogen (secondary N) is 1. The third kappa shape index (κ3) is 5.03. The summed E-state index contributed by atoms with van der Waals surface area (Å²) in [6.45, 7) is 2.56. The third-order valence-corrected chi connectivity index (χ3v) is 3.61. The molecule has 2 aromatic rings. The van der Waals surface area contributed by atoms with Gasteiger partial charge in [-0.2, -0.15) is 0 Å². The van der Waals surface area contributed by atoms with Gasteiger partial charge in [0.25, 0.3) is 5.91 Å². The number of halogens is 2. The minimum absolute atomic E-state index is 0.0780. The van der Waals surface area contributed by atoms with Crippen LogP contribution in [0.3, 0.4) is 0 Å². The molecule has 0 fully saturated rings. The first kappa shape index (κ1) is 18.4. The average molecular weight is 352 g/mol. The number of benzene rings is 2. The van der Waals surface area contributed by atoms with Crippen LogP contribution in [0.1, 0.15) is 17.3 Å². The van der Waals surface area contributed by atoms with Crippen LogP contribution in [-0.2, 0) is 4.74 Å². The summed E-state index contributed by atoms with van der Waals surface area (Å²) >= 11 is 5.91. The SMILES string of the molecule is CCOC[C@H](O)CNC(=O)c1cccc(-c2cc(Cl)ccc2F)c1. The van der Waals surface area contributed by atoms with E-state index in [9.17, 15) is 14.3 Å². The highest BCUT2D eigenvalue weighted by Crippen LogP contribution is 2.26. The Balaban J connectivity index is 2.09. The molecule has 24 heavy (non-hydrogen) atoms. The van der Waals surface area contributed by atoms with Crippen LogP contribution < -0.4 is 5.32 Å². The number of hydrogen-bond acceptors (Lipinski definition) is 3. The van der Waals surface area contributed by atoms with Gasteiger partial charge < -0.3 is 15.2 Å². The Kier molecular flexibility index (Phi) is 6.73. The van der Waals surface area contributed by atoms with E-state index in [4.69, 9.17) is 16.3 Å². The zero-order valence-corrected chi connectivity index (χ0v) is 14.0. The predicted octanol–water partition coefficient (Wildman–Crippen LogP) is 3.27. The zero-order chi connectivity index (χ0) is 17.5. The van der Waals surface area contributed by atoms with E-state index in [2.05, 4.69) is 5.32 Å². The van der Waals surface area contributed by atoms with Crippen molar-refractivity contribution >= 4 is 17.5 Å². The number of carbonyl (C=O) groups is 1. The summed E-state index contributed by atoms with van der Waals surface area (Å²) in [6.07, 6.45) is -0.776. The summed E-state index contributed by atoms with van der Waals surface area (Å²) in [5, 5.41) is 12.7. The number of rotatable bonds is 7. The number of ether oxygens (including phenoxy) is 1. The fraction of sp³-hybridized carbons (Fsp3) is 0.278. The average Bonchev–Trinajstić information content (AvgIpc) is 2.60. The van der Waals surface area contributed by atoms with Gasteiger partial charge in [0.15, 0.2) is 0 Å². The molecule has 6 heteroatoms. The molecule has 0 aliphatic rings. The molecule has 0 heterocycles. The Morgan fingerprint density at radius 3 is 2.88 bits per heavy atom. The maximum absolute atomic E-state index is 14.0. The van der Waals surface area contributed by atoms with Gasteiger partial charge in [0.05, 0.1) is 12.7 Å². The summed E-state index contributed by atoms with van der Waals surface area (Å²) in [6, 6.07) is 10.8. The third-order valence-electron chi connectivity index (χ3n) is 3.38. The molecule has 0 saturated carbocycles. The molecule has 0 bridgehead atoms. The second-order valence-corrected chi connectivity index (χ2v) is 5.66. The number of aliphatic hydroxyl groups is 1. The lowest BCUT2D eigenvalue weighted by atomic mass is 10.0. The molecule has 1 amide bonds. The lowest BCUT2D eigenvalue weighted by molar-refractivity contribution is 0.0418. The molecule has 0 aliphatic heterocycles. The lowest BCUT2D eigenvalue weighted by Crippen LogP contribution is -2.34. The van der Waals surface area contributed by atoms with Gasteiger partial charge in [0.1, 0.15) is 5.82 Å². The standard InChI is InChI=1S/C18H19ClFNO3/c1-2-24-11-15(22)10-21-18(23)13-5-3-4-12(8-13)16-9-14(19)6-7-17(16)20/h3-9,15,22H,2,10-11H2,1H3,(H,21,23)/t15-/m1/s1. The molecule has 1 atom stereocenters. The molecule has 0 aromatic heterocycles. The molecule has 0 spiro atoms. The van der Waals surface area contributed by atoms with Crippen molar-refractivity contribution in [3.8, 4) is 11.1 Å². The molecular formula is C18H19ClFNO3. The maximum Gasteiger partial charge on any atom is 0.251 e. The fourth-order valence-electron chi connectivity index (χ4n) is 2.17. The summed E-state index contributed by atoms with van der Waals surface area (Å²) in [7, 11) is 0. The van der Waals surface area contributed by atoms with Gasteiger partial charge in [-0.15, -0.1) is 0 Å². The molecule has 2 aromatic carbocycles. The number of hydrogen-bond donors (Lipinski definition) is 2. The van der Waals surface area contributed by atoms with E-state index in [1.54, 1.807) is 24.3 Å². The monoisotopic (exact) mass is 351 g/mol. The van der Waals surface area contributed by atoms with Crippen molar-refractivity contribution in [2.24, 2.45) is 0 Å². The van der Waals surface area contributed by atoms with Crippen molar-refractivity contribution in [1.82, 2.24) is 5.32 Å². The van der Waals surface area contributed by atoms with Crippen LogP contribution >= 0.6 is 11.6 Å². The van der Waals surface area contributed by atoms with Gasteiger partial charge in [0, 0.05) is 29.3 Å². The number of aliphatic hydroxyl groups excluding tert-OH is 1. The molecule has 2 N–H and O–H groups in total. The Morgan fingerprint density at radius 2 is 2.12 bits per heavy atom. The van der Waals surface area contributed by atoms with Crippen molar-refractivity contribution < 1.29 is 19.0 Å². The molecular weight excluding hydrogens is 333 g/mol. The van der Waals surface area contributed by atoms with Crippen molar-refractivity contribution in [1.29, 1.82) is 0 Å². The Morgan fingerprint density at radius 1 is 1.33 bits per heavy atom. The second-order valence-electron chi connectivity index (χ2n) is 5.23. The topological polar surface area (TPSA) is 58.6 Å². The van der Waals surface area contributed by atoms with E-state index in [0.29, 0.717) is 28.3 Å². The molecule has 0 unspecified atom stereocenters. The van der Waals surface area contributed by atoms with Crippen LogP contribution in [0.25, 0.3) is 11.1 Å². The molecule has 4 nitrogen and oxygen atoms in total. The maximum atomic E-state index is 14.0. The Hall–Kier alpha value is -1.95. The smallest absolute Gasteiger partial charge is 0.251 e. The van der Waals surface area contributed by atoms with Gasteiger partial charge in [-0.05, 0) is 42.8 Å². The first-order valence-corrected chi connectivity index (χ1v) is 7.98. The Bertz CT molecular complexity index is 708. The van der Waals surface area contributed by atoms with Crippen molar-refractivity contribution in [3.63, 3.8) is 0 Å². The number of amides is 1. The Labute approximate surface area is 145 Å².